The maximum atomic E-state index is 12.2. The Bertz CT molecular complexity index is 600. The predicted octanol–water partition coefficient (Wildman–Crippen LogP) is 3.09. The van der Waals surface area contributed by atoms with E-state index in [0.29, 0.717) is 6.54 Å². The zero-order valence-electron chi connectivity index (χ0n) is 12.7. The van der Waals surface area contributed by atoms with Gasteiger partial charge in [0.15, 0.2) is 0 Å². The highest BCUT2D eigenvalue weighted by Crippen LogP contribution is 2.21. The van der Waals surface area contributed by atoms with Crippen LogP contribution in [-0.2, 0) is 4.79 Å². The standard InChI is InChI=1S/C17H22N2O.ClH/c1-12(18-3)11-19-17(20)13(2)15-9-8-14-6-4-5-7-16(14)10-15;/h4-10,12-13,18H,11H2,1-3H3,(H,19,20);1H. The fourth-order valence-corrected chi connectivity index (χ4v) is 2.14. The summed E-state index contributed by atoms with van der Waals surface area (Å²) in [4.78, 5) is 12.2. The highest BCUT2D eigenvalue weighted by Gasteiger charge is 2.15. The van der Waals surface area contributed by atoms with Crippen LogP contribution in [0, 0.1) is 0 Å². The topological polar surface area (TPSA) is 41.1 Å². The van der Waals surface area contributed by atoms with Gasteiger partial charge >= 0.3 is 0 Å². The average molecular weight is 307 g/mol. The Kier molecular flexibility index (Phi) is 6.66. The van der Waals surface area contributed by atoms with E-state index in [0.717, 1.165) is 5.56 Å². The Labute approximate surface area is 132 Å². The first-order valence-electron chi connectivity index (χ1n) is 7.05. The summed E-state index contributed by atoms with van der Waals surface area (Å²) in [5.74, 6) is -0.0638. The number of nitrogens with one attached hydrogen (secondary N) is 2. The summed E-state index contributed by atoms with van der Waals surface area (Å²) in [5, 5.41) is 8.46. The Hall–Kier alpha value is -1.58. The molecule has 0 bridgehead atoms. The van der Waals surface area contributed by atoms with Gasteiger partial charge in [0.2, 0.25) is 5.91 Å². The second kappa shape index (κ2) is 8.01. The molecule has 3 nitrogen and oxygen atoms in total. The minimum absolute atomic E-state index is 0. The first-order chi connectivity index (χ1) is 9.61. The van der Waals surface area contributed by atoms with E-state index in [4.69, 9.17) is 0 Å². The van der Waals surface area contributed by atoms with Gasteiger partial charge < -0.3 is 10.6 Å². The molecule has 0 aliphatic carbocycles. The second-order valence-corrected chi connectivity index (χ2v) is 5.26. The van der Waals surface area contributed by atoms with Gasteiger partial charge in [0, 0.05) is 12.6 Å². The van der Waals surface area contributed by atoms with E-state index < -0.39 is 0 Å². The predicted molar refractivity (Wildman–Crippen MR) is 91.1 cm³/mol. The zero-order chi connectivity index (χ0) is 14.5. The van der Waals surface area contributed by atoms with Gasteiger partial charge in [-0.15, -0.1) is 12.4 Å². The van der Waals surface area contributed by atoms with Crippen molar-refractivity contribution in [3.8, 4) is 0 Å². The lowest BCUT2D eigenvalue weighted by Crippen LogP contribution is -2.38. The molecule has 2 aromatic carbocycles. The van der Waals surface area contributed by atoms with E-state index in [1.54, 1.807) is 0 Å². The fourth-order valence-electron chi connectivity index (χ4n) is 2.14. The van der Waals surface area contributed by atoms with Crippen molar-refractivity contribution in [2.75, 3.05) is 13.6 Å². The van der Waals surface area contributed by atoms with Crippen molar-refractivity contribution in [1.82, 2.24) is 10.6 Å². The van der Waals surface area contributed by atoms with Crippen LogP contribution in [-0.4, -0.2) is 25.5 Å². The molecule has 0 saturated carbocycles. The van der Waals surface area contributed by atoms with Crippen LogP contribution >= 0.6 is 12.4 Å². The van der Waals surface area contributed by atoms with E-state index in [2.05, 4.69) is 34.9 Å². The highest BCUT2D eigenvalue weighted by molar-refractivity contribution is 5.87. The smallest absolute Gasteiger partial charge is 0.227 e. The van der Waals surface area contributed by atoms with Crippen molar-refractivity contribution in [2.24, 2.45) is 0 Å². The largest absolute Gasteiger partial charge is 0.354 e. The van der Waals surface area contributed by atoms with Gasteiger partial charge in [-0.1, -0.05) is 42.5 Å². The van der Waals surface area contributed by atoms with Crippen LogP contribution < -0.4 is 10.6 Å². The first kappa shape index (κ1) is 17.5. The summed E-state index contributed by atoms with van der Waals surface area (Å²) in [6, 6.07) is 14.7. The molecule has 114 valence electrons. The molecule has 0 fully saturated rings. The average Bonchev–Trinajstić information content (AvgIpc) is 2.50. The summed E-state index contributed by atoms with van der Waals surface area (Å²) in [7, 11) is 1.89. The summed E-state index contributed by atoms with van der Waals surface area (Å²) < 4.78 is 0. The van der Waals surface area contributed by atoms with Gasteiger partial charge in [-0.25, -0.2) is 0 Å². The third-order valence-corrected chi connectivity index (χ3v) is 3.74. The highest BCUT2D eigenvalue weighted by atomic mass is 35.5. The first-order valence-corrected chi connectivity index (χ1v) is 7.05. The molecule has 0 spiro atoms. The van der Waals surface area contributed by atoms with Crippen LogP contribution in [0.5, 0.6) is 0 Å². The lowest BCUT2D eigenvalue weighted by molar-refractivity contribution is -0.122. The van der Waals surface area contributed by atoms with Crippen LogP contribution in [0.2, 0.25) is 0 Å². The number of carbonyl (C=O) groups is 1. The van der Waals surface area contributed by atoms with E-state index >= 15 is 0 Å². The van der Waals surface area contributed by atoms with Gasteiger partial charge in [0.25, 0.3) is 0 Å². The van der Waals surface area contributed by atoms with Gasteiger partial charge in [0.05, 0.1) is 5.92 Å². The molecular formula is C17H23ClN2O. The lowest BCUT2D eigenvalue weighted by atomic mass is 9.97. The van der Waals surface area contributed by atoms with Crippen LogP contribution in [0.25, 0.3) is 10.8 Å². The Morgan fingerprint density at radius 3 is 2.43 bits per heavy atom. The molecule has 0 saturated heterocycles. The third kappa shape index (κ3) is 4.45. The summed E-state index contributed by atoms with van der Waals surface area (Å²) >= 11 is 0. The Morgan fingerprint density at radius 1 is 1.10 bits per heavy atom. The van der Waals surface area contributed by atoms with Gasteiger partial charge in [-0.05, 0) is 37.2 Å². The number of fused-ring (bicyclic) bond motifs is 1. The van der Waals surface area contributed by atoms with Crippen molar-refractivity contribution in [2.45, 2.75) is 25.8 Å². The molecule has 1 amide bonds. The van der Waals surface area contributed by atoms with Crippen molar-refractivity contribution in [3.63, 3.8) is 0 Å². The van der Waals surface area contributed by atoms with Crippen molar-refractivity contribution < 1.29 is 4.79 Å². The van der Waals surface area contributed by atoms with Gasteiger partial charge in [0.1, 0.15) is 0 Å². The summed E-state index contributed by atoms with van der Waals surface area (Å²) in [5.41, 5.74) is 1.05. The number of likely N-dealkylation sites (N-methyl/N-ethyl adjacent to an activating group) is 1. The van der Waals surface area contributed by atoms with Gasteiger partial charge in [-0.2, -0.15) is 0 Å². The van der Waals surface area contributed by atoms with Gasteiger partial charge in [-0.3, -0.25) is 4.79 Å². The minimum Gasteiger partial charge on any atom is -0.354 e. The number of halogens is 1. The number of carbonyl (C=O) groups excluding carboxylic acids is 1. The van der Waals surface area contributed by atoms with E-state index in [9.17, 15) is 4.79 Å². The maximum absolute atomic E-state index is 12.2. The molecule has 2 atom stereocenters. The monoisotopic (exact) mass is 306 g/mol. The SMILES string of the molecule is CNC(C)CNC(=O)C(C)c1ccc2ccccc2c1.Cl. The van der Waals surface area contributed by atoms with Crippen molar-refractivity contribution in [1.29, 1.82) is 0 Å². The Morgan fingerprint density at radius 2 is 1.76 bits per heavy atom. The number of amides is 1. The fraction of sp³-hybridized carbons (Fsp3) is 0.353. The molecule has 2 unspecified atom stereocenters. The lowest BCUT2D eigenvalue weighted by Gasteiger charge is -2.16. The Balaban J connectivity index is 0.00000220. The molecule has 0 aliphatic rings. The number of rotatable bonds is 5. The van der Waals surface area contributed by atoms with Crippen LogP contribution in [0.4, 0.5) is 0 Å². The van der Waals surface area contributed by atoms with Crippen LogP contribution in [0.3, 0.4) is 0 Å². The maximum Gasteiger partial charge on any atom is 0.227 e. The second-order valence-electron chi connectivity index (χ2n) is 5.26. The molecule has 0 aliphatic heterocycles. The quantitative estimate of drug-likeness (QED) is 0.891. The summed E-state index contributed by atoms with van der Waals surface area (Å²) in [6.45, 7) is 4.64. The van der Waals surface area contributed by atoms with Crippen molar-refractivity contribution in [3.05, 3.63) is 48.0 Å². The number of hydrogen-bond donors (Lipinski definition) is 2. The molecular weight excluding hydrogens is 284 g/mol. The van der Waals surface area contributed by atoms with E-state index in [1.807, 2.05) is 39.1 Å². The number of benzene rings is 2. The normalized spacial score (nSPS) is 13.3. The minimum atomic E-state index is -0.135. The van der Waals surface area contributed by atoms with Crippen LogP contribution in [0.15, 0.2) is 42.5 Å². The molecule has 0 radical (unpaired) electrons. The molecule has 0 heterocycles. The van der Waals surface area contributed by atoms with E-state index in [-0.39, 0.29) is 30.3 Å². The van der Waals surface area contributed by atoms with Crippen molar-refractivity contribution >= 4 is 29.1 Å². The molecule has 21 heavy (non-hydrogen) atoms. The molecule has 2 aromatic rings. The molecule has 0 aromatic heterocycles. The van der Waals surface area contributed by atoms with Crippen LogP contribution in [0.1, 0.15) is 25.3 Å². The third-order valence-electron chi connectivity index (χ3n) is 3.74. The van der Waals surface area contributed by atoms with E-state index in [1.165, 1.54) is 10.8 Å². The number of hydrogen-bond acceptors (Lipinski definition) is 2. The molecule has 4 heteroatoms. The zero-order valence-corrected chi connectivity index (χ0v) is 13.5. The molecule has 2 rings (SSSR count). The molecule has 2 N–H and O–H groups in total. The summed E-state index contributed by atoms with van der Waals surface area (Å²) in [6.07, 6.45) is 0.